The van der Waals surface area contributed by atoms with Crippen LogP contribution in [0.15, 0.2) is 42.7 Å². The van der Waals surface area contributed by atoms with Crippen LogP contribution in [0, 0.1) is 0 Å². The first-order chi connectivity index (χ1) is 9.18. The summed E-state index contributed by atoms with van der Waals surface area (Å²) in [5.74, 6) is 0. The molecule has 1 heterocycles. The number of pyridine rings is 1. The molecule has 2 rings (SSSR count). The van der Waals surface area contributed by atoms with Crippen molar-refractivity contribution in [1.29, 1.82) is 0 Å². The monoisotopic (exact) mass is 291 g/mol. The maximum atomic E-state index is 12.5. The number of benzene rings is 1. The molecule has 0 radical (unpaired) electrons. The normalized spacial score (nSPS) is 12.5. The summed E-state index contributed by atoms with van der Waals surface area (Å²) in [5, 5.41) is 0. The number of hydrogen-bond donors (Lipinski definition) is 0. The average molecular weight is 291 g/mol. The lowest BCUT2D eigenvalue weighted by atomic mass is 10.0. The van der Waals surface area contributed by atoms with E-state index in [1.54, 1.807) is 0 Å². The third kappa shape index (κ3) is 3.09. The van der Waals surface area contributed by atoms with Gasteiger partial charge in [0.25, 0.3) is 0 Å². The third-order valence-corrected chi connectivity index (χ3v) is 2.61. The van der Waals surface area contributed by atoms with Crippen molar-refractivity contribution in [1.82, 2.24) is 4.98 Å². The zero-order valence-electron chi connectivity index (χ0n) is 9.76. The maximum Gasteiger partial charge on any atom is 0.417 e. The van der Waals surface area contributed by atoms with Crippen LogP contribution in [0.2, 0.25) is 0 Å². The first-order valence-corrected chi connectivity index (χ1v) is 5.38. The number of aromatic nitrogens is 1. The molecule has 0 aliphatic carbocycles. The lowest BCUT2D eigenvalue weighted by Gasteiger charge is -2.10. The highest BCUT2D eigenvalue weighted by Gasteiger charge is 2.32. The van der Waals surface area contributed by atoms with E-state index in [1.807, 2.05) is 0 Å². The second-order valence-electron chi connectivity index (χ2n) is 4.04. The minimum absolute atomic E-state index is 0.105. The van der Waals surface area contributed by atoms with Crippen molar-refractivity contribution in [3.8, 4) is 11.1 Å². The summed E-state index contributed by atoms with van der Waals surface area (Å²) in [4.78, 5) is 3.46. The minimum Gasteiger partial charge on any atom is -0.263 e. The van der Waals surface area contributed by atoms with Crippen molar-refractivity contribution in [2.75, 3.05) is 0 Å². The summed E-state index contributed by atoms with van der Waals surface area (Å²) in [7, 11) is 0. The molecule has 106 valence electrons. The van der Waals surface area contributed by atoms with Crippen molar-refractivity contribution in [2.45, 2.75) is 12.4 Å². The fourth-order valence-electron chi connectivity index (χ4n) is 1.60. The van der Waals surface area contributed by atoms with Crippen molar-refractivity contribution in [3.63, 3.8) is 0 Å². The summed E-state index contributed by atoms with van der Waals surface area (Å²) < 4.78 is 74.7. The van der Waals surface area contributed by atoms with Gasteiger partial charge in [-0.3, -0.25) is 4.98 Å². The topological polar surface area (TPSA) is 12.9 Å². The Morgan fingerprint density at radius 1 is 0.650 bits per heavy atom. The summed E-state index contributed by atoms with van der Waals surface area (Å²) >= 11 is 0. The molecular formula is C13H7F6N. The lowest BCUT2D eigenvalue weighted by Crippen LogP contribution is -2.06. The lowest BCUT2D eigenvalue weighted by molar-refractivity contribution is -0.138. The van der Waals surface area contributed by atoms with Gasteiger partial charge in [0.15, 0.2) is 0 Å². The molecular weight excluding hydrogens is 284 g/mol. The van der Waals surface area contributed by atoms with Crippen LogP contribution in [0.1, 0.15) is 11.1 Å². The molecule has 0 aliphatic heterocycles. The van der Waals surface area contributed by atoms with Gasteiger partial charge in [-0.15, -0.1) is 0 Å². The Morgan fingerprint density at radius 2 is 1.20 bits per heavy atom. The van der Waals surface area contributed by atoms with Gasteiger partial charge in [-0.2, -0.15) is 26.3 Å². The summed E-state index contributed by atoms with van der Waals surface area (Å²) in [5.41, 5.74) is -1.47. The van der Waals surface area contributed by atoms with Crippen LogP contribution in [-0.2, 0) is 12.4 Å². The molecule has 0 spiro atoms. The van der Waals surface area contributed by atoms with E-state index in [1.165, 1.54) is 0 Å². The Kier molecular flexibility index (Phi) is 3.45. The highest BCUT2D eigenvalue weighted by Crippen LogP contribution is 2.33. The van der Waals surface area contributed by atoms with Crippen LogP contribution in [0.25, 0.3) is 11.1 Å². The highest BCUT2D eigenvalue weighted by atomic mass is 19.4. The molecule has 0 fully saturated rings. The van der Waals surface area contributed by atoms with Crippen LogP contribution in [0.3, 0.4) is 0 Å². The molecule has 2 aromatic rings. The van der Waals surface area contributed by atoms with Crippen LogP contribution < -0.4 is 0 Å². The fraction of sp³-hybridized carbons (Fsp3) is 0.154. The molecule has 0 amide bonds. The summed E-state index contributed by atoms with van der Waals surface area (Å²) in [6, 6.07) is 4.70. The van der Waals surface area contributed by atoms with Gasteiger partial charge >= 0.3 is 12.4 Å². The number of rotatable bonds is 1. The maximum absolute atomic E-state index is 12.5. The van der Waals surface area contributed by atoms with E-state index in [4.69, 9.17) is 0 Å². The van der Waals surface area contributed by atoms with Gasteiger partial charge < -0.3 is 0 Å². The second-order valence-corrected chi connectivity index (χ2v) is 4.04. The zero-order chi connectivity index (χ0) is 15.0. The number of halogens is 6. The molecule has 0 N–H and O–H groups in total. The van der Waals surface area contributed by atoms with E-state index in [0.29, 0.717) is 6.20 Å². The van der Waals surface area contributed by atoms with Gasteiger partial charge in [0.2, 0.25) is 0 Å². The van der Waals surface area contributed by atoms with Crippen LogP contribution >= 0.6 is 0 Å². The standard InChI is InChI=1S/C13H7F6N/c14-12(15,16)10-3-1-8(2-4-10)9-5-11(7-20-6-9)13(17,18)19/h1-7H. The Hall–Kier alpha value is -2.05. The first-order valence-electron chi connectivity index (χ1n) is 5.38. The number of alkyl halides is 6. The quantitative estimate of drug-likeness (QED) is 0.689. The van der Waals surface area contributed by atoms with Crippen molar-refractivity contribution in [2.24, 2.45) is 0 Å². The predicted molar refractivity (Wildman–Crippen MR) is 59.7 cm³/mol. The molecule has 0 aliphatic rings. The average Bonchev–Trinajstić information content (AvgIpc) is 2.37. The van der Waals surface area contributed by atoms with Crippen LogP contribution in [-0.4, -0.2) is 4.98 Å². The first kappa shape index (κ1) is 14.4. The van der Waals surface area contributed by atoms with E-state index in [2.05, 4.69) is 4.98 Å². The smallest absolute Gasteiger partial charge is 0.263 e. The van der Waals surface area contributed by atoms with Gasteiger partial charge in [-0.05, 0) is 23.8 Å². The SMILES string of the molecule is FC(F)(F)c1ccc(-c2cncc(C(F)(F)F)c2)cc1. The fourth-order valence-corrected chi connectivity index (χ4v) is 1.60. The van der Waals surface area contributed by atoms with Gasteiger partial charge in [-0.1, -0.05) is 12.1 Å². The molecule has 0 atom stereocenters. The summed E-state index contributed by atoms with van der Waals surface area (Å²) in [6.45, 7) is 0. The molecule has 1 nitrogen and oxygen atoms in total. The van der Waals surface area contributed by atoms with Gasteiger partial charge in [0.05, 0.1) is 11.1 Å². The molecule has 1 aromatic carbocycles. The predicted octanol–water partition coefficient (Wildman–Crippen LogP) is 4.79. The Balaban J connectivity index is 2.38. The van der Waals surface area contributed by atoms with Crippen molar-refractivity contribution >= 4 is 0 Å². The minimum atomic E-state index is -4.55. The number of nitrogens with zero attached hydrogens (tertiary/aromatic N) is 1. The number of hydrogen-bond acceptors (Lipinski definition) is 1. The highest BCUT2D eigenvalue weighted by molar-refractivity contribution is 5.63. The van der Waals surface area contributed by atoms with Crippen LogP contribution in [0.4, 0.5) is 26.3 Å². The molecule has 1 aromatic heterocycles. The zero-order valence-corrected chi connectivity index (χ0v) is 9.76. The molecule has 0 saturated heterocycles. The van der Waals surface area contributed by atoms with Gasteiger partial charge in [0.1, 0.15) is 0 Å². The second kappa shape index (κ2) is 4.81. The van der Waals surface area contributed by atoms with E-state index in [-0.39, 0.29) is 11.1 Å². The molecule has 20 heavy (non-hydrogen) atoms. The van der Waals surface area contributed by atoms with Crippen molar-refractivity contribution < 1.29 is 26.3 Å². The van der Waals surface area contributed by atoms with Gasteiger partial charge in [0, 0.05) is 18.0 Å². The van der Waals surface area contributed by atoms with Crippen LogP contribution in [0.5, 0.6) is 0 Å². The molecule has 0 bridgehead atoms. The third-order valence-electron chi connectivity index (χ3n) is 2.61. The van der Waals surface area contributed by atoms with E-state index < -0.39 is 23.5 Å². The van der Waals surface area contributed by atoms with Crippen molar-refractivity contribution in [3.05, 3.63) is 53.9 Å². The van der Waals surface area contributed by atoms with E-state index >= 15 is 0 Å². The Bertz CT molecular complexity index is 597. The molecule has 0 saturated carbocycles. The van der Waals surface area contributed by atoms with E-state index in [0.717, 1.165) is 36.5 Å². The molecule has 0 unspecified atom stereocenters. The largest absolute Gasteiger partial charge is 0.417 e. The van der Waals surface area contributed by atoms with Gasteiger partial charge in [-0.25, -0.2) is 0 Å². The molecule has 7 heteroatoms. The van der Waals surface area contributed by atoms with E-state index in [9.17, 15) is 26.3 Å². The summed E-state index contributed by atoms with van der Waals surface area (Å²) in [6.07, 6.45) is -7.20. The Morgan fingerprint density at radius 3 is 1.70 bits per heavy atom. The Labute approximate surface area is 109 Å².